The molecule has 1 aromatic heterocycles. The topological polar surface area (TPSA) is 59.1 Å². The van der Waals surface area contributed by atoms with Crippen LogP contribution in [0.1, 0.15) is 22.4 Å². The van der Waals surface area contributed by atoms with Crippen LogP contribution in [0, 0.1) is 6.92 Å². The summed E-state index contributed by atoms with van der Waals surface area (Å²) in [5.74, 6) is 0. The molecule has 0 bridgehead atoms. The molecule has 0 spiro atoms. The van der Waals surface area contributed by atoms with Gasteiger partial charge < -0.3 is 10.8 Å². The van der Waals surface area contributed by atoms with Gasteiger partial charge in [-0.05, 0) is 25.8 Å². The molecule has 2 aromatic rings. The van der Waals surface area contributed by atoms with E-state index < -0.39 is 11.5 Å². The first kappa shape index (κ1) is 14.2. The van der Waals surface area contributed by atoms with E-state index in [-0.39, 0.29) is 0 Å². The zero-order valence-corrected chi connectivity index (χ0v) is 12.2. The number of aromatic nitrogens is 1. The molecule has 0 radical (unpaired) electrons. The fraction of sp³-hybridized carbons (Fsp3) is 0.400. The molecule has 1 aromatic carbocycles. The van der Waals surface area contributed by atoms with Crippen molar-refractivity contribution in [3.05, 3.63) is 52.0 Å². The Labute approximate surface area is 118 Å². The van der Waals surface area contributed by atoms with Crippen LogP contribution in [0.25, 0.3) is 0 Å². The Balaban J connectivity index is 2.40. The van der Waals surface area contributed by atoms with Crippen LogP contribution in [0.5, 0.6) is 0 Å². The summed E-state index contributed by atoms with van der Waals surface area (Å²) in [6.07, 6.45) is 2.09. The molecule has 0 amide bonds. The van der Waals surface area contributed by atoms with E-state index in [0.29, 0.717) is 6.54 Å². The Morgan fingerprint density at radius 2 is 2.05 bits per heavy atom. The first-order valence-corrected chi connectivity index (χ1v) is 7.25. The van der Waals surface area contributed by atoms with Crippen LogP contribution in [0.3, 0.4) is 0 Å². The number of rotatable bonds is 5. The van der Waals surface area contributed by atoms with Crippen molar-refractivity contribution in [3.63, 3.8) is 0 Å². The van der Waals surface area contributed by atoms with Crippen LogP contribution in [0.2, 0.25) is 0 Å². The van der Waals surface area contributed by atoms with Crippen LogP contribution < -0.4 is 5.73 Å². The summed E-state index contributed by atoms with van der Waals surface area (Å²) in [5, 5.41) is 11.3. The molecular weight excluding hydrogens is 256 g/mol. The fourth-order valence-electron chi connectivity index (χ4n) is 2.42. The normalized spacial score (nSPS) is 16.0. The SMILES string of the molecule is Cc1ncc(CC(CN)(c2ccccc2)C(C)O)s1. The molecule has 2 rings (SSSR count). The van der Waals surface area contributed by atoms with Crippen molar-refractivity contribution in [3.8, 4) is 0 Å². The number of nitrogens with zero attached hydrogens (tertiary/aromatic N) is 1. The van der Waals surface area contributed by atoms with Gasteiger partial charge in [-0.3, -0.25) is 0 Å². The molecule has 0 fully saturated rings. The van der Waals surface area contributed by atoms with Crippen molar-refractivity contribution in [2.45, 2.75) is 31.8 Å². The lowest BCUT2D eigenvalue weighted by atomic mass is 9.73. The fourth-order valence-corrected chi connectivity index (χ4v) is 3.34. The minimum absolute atomic E-state index is 0.408. The van der Waals surface area contributed by atoms with Gasteiger partial charge in [-0.25, -0.2) is 4.98 Å². The highest BCUT2D eigenvalue weighted by Gasteiger charge is 2.36. The molecule has 2 unspecified atom stereocenters. The number of aliphatic hydroxyl groups excluding tert-OH is 1. The van der Waals surface area contributed by atoms with Gasteiger partial charge in [0.1, 0.15) is 0 Å². The van der Waals surface area contributed by atoms with Crippen LogP contribution in [0.15, 0.2) is 36.5 Å². The van der Waals surface area contributed by atoms with Gasteiger partial charge >= 0.3 is 0 Å². The maximum Gasteiger partial charge on any atom is 0.0896 e. The lowest BCUT2D eigenvalue weighted by molar-refractivity contribution is 0.101. The maximum atomic E-state index is 10.3. The molecule has 1 heterocycles. The number of hydrogen-bond acceptors (Lipinski definition) is 4. The molecule has 0 aliphatic rings. The summed E-state index contributed by atoms with van der Waals surface area (Å²) in [7, 11) is 0. The highest BCUT2D eigenvalue weighted by molar-refractivity contribution is 7.11. The Morgan fingerprint density at radius 3 is 2.53 bits per heavy atom. The van der Waals surface area contributed by atoms with Gasteiger partial charge in [0.25, 0.3) is 0 Å². The second kappa shape index (κ2) is 5.82. The van der Waals surface area contributed by atoms with E-state index in [4.69, 9.17) is 5.73 Å². The van der Waals surface area contributed by atoms with Gasteiger partial charge in [-0.2, -0.15) is 0 Å². The molecular formula is C15H20N2OS. The van der Waals surface area contributed by atoms with E-state index in [9.17, 15) is 5.11 Å². The molecule has 2 atom stereocenters. The third kappa shape index (κ3) is 2.86. The highest BCUT2D eigenvalue weighted by Crippen LogP contribution is 2.33. The average molecular weight is 276 g/mol. The molecule has 3 N–H and O–H groups in total. The van der Waals surface area contributed by atoms with Gasteiger partial charge in [0.2, 0.25) is 0 Å². The van der Waals surface area contributed by atoms with E-state index in [1.165, 1.54) is 0 Å². The molecule has 102 valence electrons. The zero-order chi connectivity index (χ0) is 13.9. The van der Waals surface area contributed by atoms with Crippen molar-refractivity contribution in [1.29, 1.82) is 0 Å². The first-order chi connectivity index (χ1) is 9.08. The quantitative estimate of drug-likeness (QED) is 0.880. The lowest BCUT2D eigenvalue weighted by Crippen LogP contribution is -2.46. The molecule has 0 saturated heterocycles. The summed E-state index contributed by atoms with van der Waals surface area (Å²) >= 11 is 1.66. The van der Waals surface area contributed by atoms with E-state index in [2.05, 4.69) is 4.98 Å². The smallest absolute Gasteiger partial charge is 0.0896 e. The van der Waals surface area contributed by atoms with Gasteiger partial charge in [-0.1, -0.05) is 30.3 Å². The number of benzene rings is 1. The number of hydrogen-bond donors (Lipinski definition) is 2. The minimum atomic E-state index is -0.512. The van der Waals surface area contributed by atoms with Gasteiger partial charge in [-0.15, -0.1) is 11.3 Å². The molecule has 19 heavy (non-hydrogen) atoms. The summed E-state index contributed by atoms with van der Waals surface area (Å²) < 4.78 is 0. The highest BCUT2D eigenvalue weighted by atomic mass is 32.1. The number of aliphatic hydroxyl groups is 1. The Morgan fingerprint density at radius 1 is 1.37 bits per heavy atom. The predicted octanol–water partition coefficient (Wildman–Crippen LogP) is 2.27. The maximum absolute atomic E-state index is 10.3. The molecule has 4 heteroatoms. The second-order valence-corrected chi connectivity index (χ2v) is 6.24. The van der Waals surface area contributed by atoms with Crippen LogP contribution in [0.4, 0.5) is 0 Å². The van der Waals surface area contributed by atoms with E-state index in [0.717, 1.165) is 21.9 Å². The zero-order valence-electron chi connectivity index (χ0n) is 11.3. The Bertz CT molecular complexity index is 524. The molecule has 0 aliphatic carbocycles. The minimum Gasteiger partial charge on any atom is -0.392 e. The standard InChI is InChI=1S/C15H20N2OS/c1-11(18)15(10-16,13-6-4-3-5-7-13)8-14-9-17-12(2)19-14/h3-7,9,11,18H,8,10,16H2,1-2H3. The summed E-state index contributed by atoms with van der Waals surface area (Å²) in [6.45, 7) is 4.21. The van der Waals surface area contributed by atoms with E-state index in [1.807, 2.05) is 50.4 Å². The van der Waals surface area contributed by atoms with Crippen molar-refractivity contribution in [1.82, 2.24) is 4.98 Å². The van der Waals surface area contributed by atoms with Crippen LogP contribution in [-0.2, 0) is 11.8 Å². The summed E-state index contributed by atoms with van der Waals surface area (Å²) in [5.41, 5.74) is 6.66. The van der Waals surface area contributed by atoms with Gasteiger partial charge in [0.15, 0.2) is 0 Å². The lowest BCUT2D eigenvalue weighted by Gasteiger charge is -2.35. The summed E-state index contributed by atoms with van der Waals surface area (Å²) in [4.78, 5) is 5.44. The second-order valence-electron chi connectivity index (χ2n) is 4.92. The number of nitrogens with two attached hydrogens (primary N) is 1. The van der Waals surface area contributed by atoms with Crippen molar-refractivity contribution < 1.29 is 5.11 Å². The molecule has 3 nitrogen and oxygen atoms in total. The molecule has 0 aliphatic heterocycles. The van der Waals surface area contributed by atoms with Crippen LogP contribution in [-0.4, -0.2) is 22.7 Å². The third-order valence-electron chi connectivity index (χ3n) is 3.67. The van der Waals surface area contributed by atoms with Crippen molar-refractivity contribution in [2.24, 2.45) is 5.73 Å². The monoisotopic (exact) mass is 276 g/mol. The third-order valence-corrected chi connectivity index (χ3v) is 4.58. The van der Waals surface area contributed by atoms with Gasteiger partial charge in [0, 0.05) is 23.0 Å². The summed E-state index contributed by atoms with van der Waals surface area (Å²) in [6, 6.07) is 10.0. The molecule has 0 saturated carbocycles. The average Bonchev–Trinajstić information content (AvgIpc) is 2.82. The largest absolute Gasteiger partial charge is 0.392 e. The Kier molecular flexibility index (Phi) is 4.34. The van der Waals surface area contributed by atoms with E-state index in [1.54, 1.807) is 11.3 Å². The van der Waals surface area contributed by atoms with Gasteiger partial charge in [0.05, 0.1) is 11.1 Å². The predicted molar refractivity (Wildman–Crippen MR) is 79.4 cm³/mol. The number of aryl methyl sites for hydroxylation is 1. The van der Waals surface area contributed by atoms with Crippen LogP contribution >= 0.6 is 11.3 Å². The first-order valence-electron chi connectivity index (χ1n) is 6.43. The Hall–Kier alpha value is -1.23. The van der Waals surface area contributed by atoms with Crippen molar-refractivity contribution in [2.75, 3.05) is 6.54 Å². The number of thiazole rings is 1. The van der Waals surface area contributed by atoms with Crippen molar-refractivity contribution >= 4 is 11.3 Å². The van der Waals surface area contributed by atoms with E-state index >= 15 is 0 Å².